The molecule has 2 heterocycles. The quantitative estimate of drug-likeness (QED) is 0.448. The van der Waals surface area contributed by atoms with Gasteiger partial charge in [0.05, 0.1) is 16.9 Å². The number of hydrogen-bond donors (Lipinski definition) is 3. The number of nitrogens with zero attached hydrogens (tertiary/aromatic N) is 3. The maximum atomic E-state index is 6.29. The summed E-state index contributed by atoms with van der Waals surface area (Å²) in [7, 11) is 0. The van der Waals surface area contributed by atoms with Crippen molar-refractivity contribution < 1.29 is 0 Å². The van der Waals surface area contributed by atoms with Crippen molar-refractivity contribution in [2.24, 2.45) is 0 Å². The Labute approximate surface area is 158 Å². The predicted octanol–water partition coefficient (Wildman–Crippen LogP) is 4.86. The third-order valence-corrected chi connectivity index (χ3v) is 4.59. The van der Waals surface area contributed by atoms with Gasteiger partial charge >= 0.3 is 0 Å². The van der Waals surface area contributed by atoms with Crippen molar-refractivity contribution in [3.8, 4) is 0 Å². The molecule has 0 aliphatic rings. The highest BCUT2D eigenvalue weighted by Gasteiger charge is 2.11. The normalized spacial score (nSPS) is 10.7. The van der Waals surface area contributed by atoms with Crippen LogP contribution in [0.3, 0.4) is 0 Å². The second kappa shape index (κ2) is 6.97. The van der Waals surface area contributed by atoms with Crippen LogP contribution in [0.1, 0.15) is 0 Å². The van der Waals surface area contributed by atoms with Gasteiger partial charge in [0, 0.05) is 16.1 Å². The summed E-state index contributed by atoms with van der Waals surface area (Å²) in [5.41, 5.74) is 9.27. The molecule has 7 heteroatoms. The molecule has 2 aromatic carbocycles. The second-order valence-electron chi connectivity index (χ2n) is 5.60. The van der Waals surface area contributed by atoms with Crippen LogP contribution in [-0.4, -0.2) is 15.0 Å². The number of hydrogen-bond acceptors (Lipinski definition) is 6. The largest absolute Gasteiger partial charge is 0.393 e. The van der Waals surface area contributed by atoms with E-state index in [-0.39, 0.29) is 0 Å². The Morgan fingerprint density at radius 3 is 2.27 bits per heavy atom. The molecular weight excluding hydrogens is 392 g/mol. The van der Waals surface area contributed by atoms with Gasteiger partial charge in [0.2, 0.25) is 0 Å². The van der Waals surface area contributed by atoms with E-state index in [9.17, 15) is 0 Å². The zero-order chi connectivity index (χ0) is 17.9. The number of nitrogens with two attached hydrogens (primary N) is 1. The van der Waals surface area contributed by atoms with E-state index in [1.165, 1.54) is 6.33 Å². The van der Waals surface area contributed by atoms with E-state index in [1.54, 1.807) is 6.20 Å². The van der Waals surface area contributed by atoms with Gasteiger partial charge in [-0.1, -0.05) is 30.3 Å². The van der Waals surface area contributed by atoms with Crippen LogP contribution < -0.4 is 16.4 Å². The minimum absolute atomic E-state index is 0.427. The monoisotopic (exact) mass is 406 g/mol. The maximum Gasteiger partial charge on any atom is 0.159 e. The summed E-state index contributed by atoms with van der Waals surface area (Å²) in [5, 5.41) is 7.53. The Morgan fingerprint density at radius 2 is 1.46 bits per heavy atom. The molecular formula is C19H15BrN6. The molecule has 26 heavy (non-hydrogen) atoms. The molecule has 0 aliphatic carbocycles. The lowest BCUT2D eigenvalue weighted by molar-refractivity contribution is 1.17. The van der Waals surface area contributed by atoms with Gasteiger partial charge in [0.25, 0.3) is 0 Å². The van der Waals surface area contributed by atoms with Crippen molar-refractivity contribution in [1.29, 1.82) is 0 Å². The smallest absolute Gasteiger partial charge is 0.159 e. The van der Waals surface area contributed by atoms with Gasteiger partial charge in [-0.3, -0.25) is 4.98 Å². The number of anilines is 5. The first-order valence-electron chi connectivity index (χ1n) is 7.95. The van der Waals surface area contributed by atoms with Crippen LogP contribution in [0, 0.1) is 0 Å². The molecule has 0 atom stereocenters. The Balaban J connectivity index is 1.69. The Morgan fingerprint density at radius 1 is 0.769 bits per heavy atom. The number of pyridine rings is 1. The van der Waals surface area contributed by atoms with Gasteiger partial charge < -0.3 is 16.4 Å². The molecule has 0 bridgehead atoms. The van der Waals surface area contributed by atoms with Gasteiger partial charge in [0.1, 0.15) is 12.0 Å². The van der Waals surface area contributed by atoms with Crippen LogP contribution >= 0.6 is 15.9 Å². The molecule has 4 N–H and O–H groups in total. The zero-order valence-electron chi connectivity index (χ0n) is 13.6. The van der Waals surface area contributed by atoms with E-state index >= 15 is 0 Å². The van der Waals surface area contributed by atoms with Crippen molar-refractivity contribution in [2.45, 2.75) is 0 Å². The molecule has 4 rings (SSSR count). The van der Waals surface area contributed by atoms with E-state index in [4.69, 9.17) is 5.73 Å². The molecule has 0 unspecified atom stereocenters. The summed E-state index contributed by atoms with van der Waals surface area (Å²) in [4.78, 5) is 13.0. The second-order valence-corrected chi connectivity index (χ2v) is 6.45. The van der Waals surface area contributed by atoms with Gasteiger partial charge in [0.15, 0.2) is 11.6 Å². The maximum absolute atomic E-state index is 6.29. The summed E-state index contributed by atoms with van der Waals surface area (Å²) in [6.45, 7) is 0. The van der Waals surface area contributed by atoms with E-state index in [0.29, 0.717) is 17.3 Å². The molecule has 0 saturated carbocycles. The topological polar surface area (TPSA) is 88.8 Å². The molecule has 0 fully saturated rings. The Bertz CT molecular complexity index is 1080. The summed E-state index contributed by atoms with van der Waals surface area (Å²) >= 11 is 3.51. The van der Waals surface area contributed by atoms with Crippen molar-refractivity contribution in [1.82, 2.24) is 15.0 Å². The average molecular weight is 407 g/mol. The molecule has 0 aliphatic heterocycles. The number of nitrogen functional groups attached to an aromatic ring is 1. The Kier molecular flexibility index (Phi) is 4.37. The highest BCUT2D eigenvalue weighted by atomic mass is 79.9. The third-order valence-electron chi connectivity index (χ3n) is 3.90. The fourth-order valence-electron chi connectivity index (χ4n) is 2.62. The first-order valence-corrected chi connectivity index (χ1v) is 8.74. The van der Waals surface area contributed by atoms with E-state index in [2.05, 4.69) is 41.5 Å². The molecule has 0 radical (unpaired) electrons. The third kappa shape index (κ3) is 3.16. The molecule has 0 spiro atoms. The van der Waals surface area contributed by atoms with E-state index < -0.39 is 0 Å². The SMILES string of the molecule is Nc1c(Nc2ccccc2Br)ncnc1Nc1cccc2cccnc12. The van der Waals surface area contributed by atoms with Crippen molar-refractivity contribution in [2.75, 3.05) is 16.4 Å². The number of para-hydroxylation sites is 2. The molecule has 6 nitrogen and oxygen atoms in total. The molecule has 4 aromatic rings. The fraction of sp³-hybridized carbons (Fsp3) is 0. The highest BCUT2D eigenvalue weighted by molar-refractivity contribution is 9.10. The predicted molar refractivity (Wildman–Crippen MR) is 109 cm³/mol. The van der Waals surface area contributed by atoms with Crippen LogP contribution in [0.15, 0.2) is 71.6 Å². The minimum atomic E-state index is 0.427. The van der Waals surface area contributed by atoms with Crippen LogP contribution in [0.25, 0.3) is 10.9 Å². The van der Waals surface area contributed by atoms with Crippen LogP contribution in [-0.2, 0) is 0 Å². The number of fused-ring (bicyclic) bond motifs is 1. The van der Waals surface area contributed by atoms with Gasteiger partial charge in [-0.05, 0) is 40.2 Å². The summed E-state index contributed by atoms with van der Waals surface area (Å²) < 4.78 is 0.922. The van der Waals surface area contributed by atoms with E-state index in [1.807, 2.05) is 54.6 Å². The van der Waals surface area contributed by atoms with Gasteiger partial charge in [-0.2, -0.15) is 0 Å². The fourth-order valence-corrected chi connectivity index (χ4v) is 3.00. The minimum Gasteiger partial charge on any atom is -0.393 e. The standard InChI is InChI=1S/C19H15BrN6/c20-13-7-1-2-8-14(13)25-18-16(21)19(24-11-23-18)26-15-9-3-5-12-6-4-10-22-17(12)15/h1-11H,21H2,(H2,23,24,25,26). The highest BCUT2D eigenvalue weighted by Crippen LogP contribution is 2.32. The molecule has 0 amide bonds. The first kappa shape index (κ1) is 16.3. The van der Waals surface area contributed by atoms with Crippen LogP contribution in [0.2, 0.25) is 0 Å². The lowest BCUT2D eigenvalue weighted by Gasteiger charge is -2.14. The number of aromatic nitrogens is 3. The molecule has 0 saturated heterocycles. The van der Waals surface area contributed by atoms with E-state index in [0.717, 1.165) is 26.8 Å². The van der Waals surface area contributed by atoms with Crippen molar-refractivity contribution >= 4 is 55.5 Å². The summed E-state index contributed by atoms with van der Waals surface area (Å²) in [6.07, 6.45) is 3.23. The Hall–Kier alpha value is -3.19. The number of nitrogens with one attached hydrogen (secondary N) is 2. The molecule has 128 valence electrons. The molecule has 2 aromatic heterocycles. The summed E-state index contributed by atoms with van der Waals surface area (Å²) in [6, 6.07) is 17.6. The number of benzene rings is 2. The lowest BCUT2D eigenvalue weighted by atomic mass is 10.2. The van der Waals surface area contributed by atoms with Crippen LogP contribution in [0.4, 0.5) is 28.7 Å². The lowest BCUT2D eigenvalue weighted by Crippen LogP contribution is -2.05. The van der Waals surface area contributed by atoms with Crippen molar-refractivity contribution in [3.05, 3.63) is 71.6 Å². The van der Waals surface area contributed by atoms with Crippen molar-refractivity contribution in [3.63, 3.8) is 0 Å². The van der Waals surface area contributed by atoms with Gasteiger partial charge in [-0.15, -0.1) is 0 Å². The number of halogens is 1. The van der Waals surface area contributed by atoms with Crippen LogP contribution in [0.5, 0.6) is 0 Å². The van der Waals surface area contributed by atoms with Gasteiger partial charge in [-0.25, -0.2) is 9.97 Å². The average Bonchev–Trinajstić information content (AvgIpc) is 2.67. The summed E-state index contributed by atoms with van der Waals surface area (Å²) in [5.74, 6) is 1.05. The first-order chi connectivity index (χ1) is 12.7. The zero-order valence-corrected chi connectivity index (χ0v) is 15.2. The number of rotatable bonds is 4.